The lowest BCUT2D eigenvalue weighted by atomic mass is 10.1. The lowest BCUT2D eigenvalue weighted by Gasteiger charge is -2.00. The molecule has 0 saturated heterocycles. The first-order valence-corrected chi connectivity index (χ1v) is 6.73. The van der Waals surface area contributed by atoms with Gasteiger partial charge in [-0.3, -0.25) is 14.9 Å². The smallest absolute Gasteiger partial charge is 0.270 e. The summed E-state index contributed by atoms with van der Waals surface area (Å²) in [7, 11) is 0. The first-order chi connectivity index (χ1) is 10.5. The zero-order valence-corrected chi connectivity index (χ0v) is 12.2. The van der Waals surface area contributed by atoms with Gasteiger partial charge in [0.15, 0.2) is 0 Å². The maximum atomic E-state index is 11.7. The van der Waals surface area contributed by atoms with Crippen LogP contribution in [-0.2, 0) is 11.2 Å². The van der Waals surface area contributed by atoms with Crippen LogP contribution in [-0.4, -0.2) is 17.0 Å². The predicted octanol–water partition coefficient (Wildman–Crippen LogP) is 2.94. The molecule has 1 amide bonds. The number of nitrogens with zero attached hydrogens (tertiary/aromatic N) is 2. The van der Waals surface area contributed by atoms with Crippen molar-refractivity contribution in [2.45, 2.75) is 6.42 Å². The van der Waals surface area contributed by atoms with Gasteiger partial charge in [0.2, 0.25) is 5.91 Å². The Bertz CT molecular complexity index is 714. The van der Waals surface area contributed by atoms with E-state index >= 15 is 0 Å². The Morgan fingerprint density at radius 1 is 1.27 bits per heavy atom. The number of hydrogen-bond donors (Lipinski definition) is 1. The number of benzene rings is 2. The summed E-state index contributed by atoms with van der Waals surface area (Å²) in [6.45, 7) is 0. The van der Waals surface area contributed by atoms with Crippen LogP contribution in [0.2, 0.25) is 5.02 Å². The highest BCUT2D eigenvalue weighted by Gasteiger charge is 2.04. The largest absolute Gasteiger partial charge is 0.273 e. The summed E-state index contributed by atoms with van der Waals surface area (Å²) in [5.74, 6) is -0.288. The van der Waals surface area contributed by atoms with E-state index in [0.29, 0.717) is 10.6 Å². The van der Waals surface area contributed by atoms with Crippen LogP contribution in [0.5, 0.6) is 0 Å². The Morgan fingerprint density at radius 3 is 2.68 bits per heavy atom. The molecule has 2 rings (SSSR count). The average Bonchev–Trinajstić information content (AvgIpc) is 2.50. The zero-order chi connectivity index (χ0) is 15.9. The fourth-order valence-electron chi connectivity index (χ4n) is 1.72. The molecular formula is C15H12ClN3O3. The van der Waals surface area contributed by atoms with Crippen LogP contribution in [0.4, 0.5) is 5.69 Å². The first-order valence-electron chi connectivity index (χ1n) is 6.35. The Kier molecular flexibility index (Phi) is 5.21. The molecule has 2 aromatic rings. The molecule has 0 bridgehead atoms. The number of carbonyl (C=O) groups is 1. The number of nitro groups is 1. The number of carbonyl (C=O) groups excluding carboxylic acids is 1. The van der Waals surface area contributed by atoms with Crippen LogP contribution in [0.15, 0.2) is 53.6 Å². The van der Waals surface area contributed by atoms with E-state index < -0.39 is 4.92 Å². The summed E-state index contributed by atoms with van der Waals surface area (Å²) in [4.78, 5) is 21.9. The Labute approximate surface area is 131 Å². The minimum absolute atomic E-state index is 0.0311. The standard InChI is InChI=1S/C15H12ClN3O3/c16-13-6-4-11(5-7-13)9-15(20)18-17-10-12-2-1-3-14(8-12)19(21)22/h1-8,10H,9H2,(H,18,20)/b17-10+. The number of rotatable bonds is 5. The highest BCUT2D eigenvalue weighted by atomic mass is 35.5. The van der Waals surface area contributed by atoms with Gasteiger partial charge >= 0.3 is 0 Å². The van der Waals surface area contributed by atoms with Gasteiger partial charge in [-0.1, -0.05) is 35.9 Å². The molecule has 0 spiro atoms. The number of hydrazone groups is 1. The van der Waals surface area contributed by atoms with Gasteiger partial charge < -0.3 is 0 Å². The van der Waals surface area contributed by atoms with Crippen LogP contribution in [0.25, 0.3) is 0 Å². The summed E-state index contributed by atoms with van der Waals surface area (Å²) in [6.07, 6.45) is 1.52. The van der Waals surface area contributed by atoms with Crippen molar-refractivity contribution >= 4 is 29.4 Å². The molecule has 0 aliphatic rings. The van der Waals surface area contributed by atoms with Crippen LogP contribution in [0.3, 0.4) is 0 Å². The average molecular weight is 318 g/mol. The van der Waals surface area contributed by atoms with Crippen molar-refractivity contribution in [2.24, 2.45) is 5.10 Å². The molecule has 0 atom stereocenters. The second-order valence-corrected chi connectivity index (χ2v) is 4.88. The van der Waals surface area contributed by atoms with Gasteiger partial charge in [0.05, 0.1) is 17.6 Å². The number of amides is 1. The molecule has 1 N–H and O–H groups in total. The number of hydrogen-bond acceptors (Lipinski definition) is 4. The first kappa shape index (κ1) is 15.7. The van der Waals surface area contributed by atoms with E-state index in [0.717, 1.165) is 5.56 Å². The van der Waals surface area contributed by atoms with Gasteiger partial charge in [0, 0.05) is 22.7 Å². The van der Waals surface area contributed by atoms with E-state index in [9.17, 15) is 14.9 Å². The second kappa shape index (κ2) is 7.33. The highest BCUT2D eigenvalue weighted by molar-refractivity contribution is 6.30. The lowest BCUT2D eigenvalue weighted by Crippen LogP contribution is -2.19. The van der Waals surface area contributed by atoms with Gasteiger partial charge in [0.1, 0.15) is 0 Å². The fourth-order valence-corrected chi connectivity index (χ4v) is 1.85. The Balaban J connectivity index is 1.91. The van der Waals surface area contributed by atoms with Crippen molar-refractivity contribution in [1.82, 2.24) is 5.43 Å². The summed E-state index contributed by atoms with van der Waals surface area (Å²) < 4.78 is 0. The van der Waals surface area contributed by atoms with Crippen LogP contribution in [0, 0.1) is 10.1 Å². The lowest BCUT2D eigenvalue weighted by molar-refractivity contribution is -0.384. The van der Waals surface area contributed by atoms with E-state index in [2.05, 4.69) is 10.5 Å². The number of nitrogens with one attached hydrogen (secondary N) is 1. The third-order valence-electron chi connectivity index (χ3n) is 2.76. The molecule has 0 aliphatic heterocycles. The molecule has 0 fully saturated rings. The van der Waals surface area contributed by atoms with E-state index in [1.165, 1.54) is 18.3 Å². The number of non-ortho nitro benzene ring substituents is 1. The van der Waals surface area contributed by atoms with E-state index in [1.54, 1.807) is 36.4 Å². The molecule has 7 heteroatoms. The van der Waals surface area contributed by atoms with Crippen molar-refractivity contribution in [3.63, 3.8) is 0 Å². The molecule has 112 valence electrons. The third kappa shape index (κ3) is 4.68. The fraction of sp³-hybridized carbons (Fsp3) is 0.0667. The molecular weight excluding hydrogens is 306 g/mol. The van der Waals surface area contributed by atoms with Gasteiger partial charge in [-0.15, -0.1) is 0 Å². The number of halogens is 1. The summed E-state index contributed by atoms with van der Waals surface area (Å²) in [5.41, 5.74) is 3.68. The molecule has 0 aliphatic carbocycles. The third-order valence-corrected chi connectivity index (χ3v) is 3.01. The van der Waals surface area contributed by atoms with Crippen LogP contribution >= 0.6 is 11.6 Å². The van der Waals surface area contributed by atoms with Crippen molar-refractivity contribution < 1.29 is 9.72 Å². The van der Waals surface area contributed by atoms with E-state index in [4.69, 9.17) is 11.6 Å². The molecule has 0 radical (unpaired) electrons. The van der Waals surface area contributed by atoms with Gasteiger partial charge in [-0.25, -0.2) is 5.43 Å². The molecule has 0 aromatic heterocycles. The molecule has 22 heavy (non-hydrogen) atoms. The summed E-state index contributed by atoms with van der Waals surface area (Å²) >= 11 is 5.76. The zero-order valence-electron chi connectivity index (χ0n) is 11.4. The number of nitro benzene ring substituents is 1. The highest BCUT2D eigenvalue weighted by Crippen LogP contribution is 2.11. The van der Waals surface area contributed by atoms with Crippen molar-refractivity contribution in [1.29, 1.82) is 0 Å². The Morgan fingerprint density at radius 2 is 2.00 bits per heavy atom. The van der Waals surface area contributed by atoms with Gasteiger partial charge in [0.25, 0.3) is 5.69 Å². The Hall–Kier alpha value is -2.73. The monoisotopic (exact) mass is 317 g/mol. The molecule has 0 heterocycles. The summed E-state index contributed by atoms with van der Waals surface area (Å²) in [6, 6.07) is 12.9. The molecule has 0 unspecified atom stereocenters. The minimum atomic E-state index is -0.490. The van der Waals surface area contributed by atoms with E-state index in [1.807, 2.05) is 0 Å². The maximum Gasteiger partial charge on any atom is 0.270 e. The topological polar surface area (TPSA) is 84.6 Å². The van der Waals surface area contributed by atoms with Crippen molar-refractivity contribution in [2.75, 3.05) is 0 Å². The SMILES string of the molecule is O=C(Cc1ccc(Cl)cc1)N/N=C/c1cccc([N+](=O)[O-])c1. The maximum absolute atomic E-state index is 11.7. The predicted molar refractivity (Wildman–Crippen MR) is 84.0 cm³/mol. The molecule has 6 nitrogen and oxygen atoms in total. The summed E-state index contributed by atoms with van der Waals surface area (Å²) in [5, 5.41) is 15.0. The van der Waals surface area contributed by atoms with E-state index in [-0.39, 0.29) is 18.0 Å². The van der Waals surface area contributed by atoms with Crippen molar-refractivity contribution in [3.8, 4) is 0 Å². The molecule has 2 aromatic carbocycles. The molecule has 0 saturated carbocycles. The van der Waals surface area contributed by atoms with Crippen LogP contribution in [0.1, 0.15) is 11.1 Å². The van der Waals surface area contributed by atoms with Gasteiger partial charge in [-0.2, -0.15) is 5.10 Å². The normalized spacial score (nSPS) is 10.6. The minimum Gasteiger partial charge on any atom is -0.273 e. The van der Waals surface area contributed by atoms with Crippen molar-refractivity contribution in [3.05, 3.63) is 74.8 Å². The van der Waals surface area contributed by atoms with Crippen LogP contribution < -0.4 is 5.43 Å². The van der Waals surface area contributed by atoms with Gasteiger partial charge in [-0.05, 0) is 17.7 Å². The quantitative estimate of drug-likeness (QED) is 0.522. The second-order valence-electron chi connectivity index (χ2n) is 4.45.